The van der Waals surface area contributed by atoms with Crippen molar-refractivity contribution >= 4 is 28.3 Å². The van der Waals surface area contributed by atoms with Crippen molar-refractivity contribution in [3.05, 3.63) is 28.5 Å². The fourth-order valence-electron chi connectivity index (χ4n) is 0.997. The van der Waals surface area contributed by atoms with E-state index in [0.717, 1.165) is 18.3 Å². The molecule has 0 aromatic carbocycles. The molecule has 0 amide bonds. The Labute approximate surface area is 108 Å². The maximum absolute atomic E-state index is 12.9. The van der Waals surface area contributed by atoms with Gasteiger partial charge in [0.1, 0.15) is 10.6 Å². The Kier molecular flexibility index (Phi) is 5.30. The fraction of sp³-hybridized carbons (Fsp3) is 0.375. The van der Waals surface area contributed by atoms with E-state index in [1.54, 1.807) is 0 Å². The number of nitrogens with zero attached hydrogens (tertiary/aromatic N) is 1. The minimum atomic E-state index is -5.68. The van der Waals surface area contributed by atoms with Crippen LogP contribution in [0.2, 0.25) is 0 Å². The monoisotopic (exact) mass is 340 g/mol. The first kappa shape index (κ1) is 16.5. The van der Waals surface area contributed by atoms with E-state index in [1.165, 1.54) is 0 Å². The fourth-order valence-corrected chi connectivity index (χ4v) is 1.38. The molecule has 1 rings (SSSR count). The van der Waals surface area contributed by atoms with Crippen molar-refractivity contribution in [3.63, 3.8) is 0 Å². The molecule has 1 aromatic rings. The number of aromatic nitrogens is 1. The molecule has 0 aliphatic carbocycles. The largest absolute Gasteiger partial charge is 0.455 e. The lowest BCUT2D eigenvalue weighted by Gasteiger charge is -2.25. The molecule has 0 spiro atoms. The minimum Gasteiger partial charge on any atom is -0.319 e. The van der Waals surface area contributed by atoms with Gasteiger partial charge in [0.25, 0.3) is 0 Å². The summed E-state index contributed by atoms with van der Waals surface area (Å²) in [6.45, 7) is 0. The van der Waals surface area contributed by atoms with Crippen LogP contribution >= 0.6 is 28.3 Å². The summed E-state index contributed by atoms with van der Waals surface area (Å²) < 4.78 is 61.9. The molecular formula is C8H7BrClF5N2. The third-order valence-corrected chi connectivity index (χ3v) is 2.31. The minimum absolute atomic E-state index is 0. The third-order valence-electron chi connectivity index (χ3n) is 1.88. The summed E-state index contributed by atoms with van der Waals surface area (Å²) in [6.07, 6.45) is -4.59. The van der Waals surface area contributed by atoms with E-state index in [2.05, 4.69) is 20.9 Å². The van der Waals surface area contributed by atoms with Crippen molar-refractivity contribution in [1.82, 2.24) is 4.98 Å². The van der Waals surface area contributed by atoms with Crippen LogP contribution in [0.25, 0.3) is 0 Å². The molecular weight excluding hydrogens is 334 g/mol. The predicted octanol–water partition coefficient (Wildman–Crippen LogP) is 3.46. The highest BCUT2D eigenvalue weighted by Gasteiger charge is 2.61. The predicted molar refractivity (Wildman–Crippen MR) is 57.1 cm³/mol. The smallest absolute Gasteiger partial charge is 0.319 e. The molecule has 0 aliphatic heterocycles. The molecule has 0 unspecified atom stereocenters. The molecule has 0 saturated heterocycles. The molecule has 2 nitrogen and oxygen atoms in total. The molecule has 1 heterocycles. The normalized spacial score (nSPS) is 14.1. The average Bonchev–Trinajstić information content (AvgIpc) is 2.14. The van der Waals surface area contributed by atoms with Crippen molar-refractivity contribution in [2.45, 2.75) is 18.1 Å². The molecule has 0 radical (unpaired) electrons. The lowest BCUT2D eigenvalue weighted by Crippen LogP contribution is -2.45. The second-order valence-corrected chi connectivity index (χ2v) is 3.82. The molecule has 0 saturated carbocycles. The SMILES string of the molecule is Cl.N[C@@H](c1ccnc(Br)c1)C(F)(F)C(F)(F)F. The summed E-state index contributed by atoms with van der Waals surface area (Å²) in [6, 6.07) is -0.425. The summed E-state index contributed by atoms with van der Waals surface area (Å²) in [4.78, 5) is 3.60. The summed E-state index contributed by atoms with van der Waals surface area (Å²) in [5.74, 6) is -4.98. The van der Waals surface area contributed by atoms with E-state index in [4.69, 9.17) is 5.73 Å². The Morgan fingerprint density at radius 1 is 1.24 bits per heavy atom. The Hall–Kier alpha value is -0.470. The zero-order valence-electron chi connectivity index (χ0n) is 8.01. The molecule has 17 heavy (non-hydrogen) atoms. The van der Waals surface area contributed by atoms with E-state index in [9.17, 15) is 22.0 Å². The van der Waals surface area contributed by atoms with Crippen LogP contribution in [0.5, 0.6) is 0 Å². The van der Waals surface area contributed by atoms with Crippen LogP contribution in [-0.4, -0.2) is 17.1 Å². The number of hydrogen-bond acceptors (Lipinski definition) is 2. The lowest BCUT2D eigenvalue weighted by molar-refractivity contribution is -0.291. The Bertz CT molecular complexity index is 384. The van der Waals surface area contributed by atoms with Crippen LogP contribution in [0.3, 0.4) is 0 Å². The zero-order chi connectivity index (χ0) is 12.6. The van der Waals surface area contributed by atoms with Gasteiger partial charge in [-0.3, -0.25) is 0 Å². The highest BCUT2D eigenvalue weighted by Crippen LogP contribution is 2.43. The summed E-state index contributed by atoms with van der Waals surface area (Å²) in [5.41, 5.74) is 4.57. The molecule has 0 bridgehead atoms. The topological polar surface area (TPSA) is 38.9 Å². The van der Waals surface area contributed by atoms with Gasteiger partial charge in [0.15, 0.2) is 0 Å². The highest BCUT2D eigenvalue weighted by atomic mass is 79.9. The van der Waals surface area contributed by atoms with Gasteiger partial charge < -0.3 is 5.73 Å². The van der Waals surface area contributed by atoms with Gasteiger partial charge in [0.2, 0.25) is 0 Å². The molecule has 1 aromatic heterocycles. The van der Waals surface area contributed by atoms with E-state index in [1.807, 2.05) is 0 Å². The molecule has 9 heteroatoms. The van der Waals surface area contributed by atoms with Crippen molar-refractivity contribution < 1.29 is 22.0 Å². The summed E-state index contributed by atoms with van der Waals surface area (Å²) in [5, 5.41) is 0. The van der Waals surface area contributed by atoms with Crippen LogP contribution in [0.1, 0.15) is 11.6 Å². The molecule has 98 valence electrons. The van der Waals surface area contributed by atoms with E-state index in [0.29, 0.717) is 0 Å². The first-order chi connectivity index (χ1) is 7.16. The Morgan fingerprint density at radius 3 is 2.18 bits per heavy atom. The lowest BCUT2D eigenvalue weighted by atomic mass is 10.0. The molecule has 0 fully saturated rings. The van der Waals surface area contributed by atoms with Gasteiger partial charge in [-0.25, -0.2) is 4.98 Å². The Morgan fingerprint density at radius 2 is 1.76 bits per heavy atom. The van der Waals surface area contributed by atoms with Crippen molar-refractivity contribution in [2.75, 3.05) is 0 Å². The summed E-state index contributed by atoms with van der Waals surface area (Å²) in [7, 11) is 0. The van der Waals surface area contributed by atoms with Gasteiger partial charge in [-0.2, -0.15) is 22.0 Å². The maximum atomic E-state index is 12.9. The van der Waals surface area contributed by atoms with Gasteiger partial charge in [0.05, 0.1) is 0 Å². The van der Waals surface area contributed by atoms with Crippen LogP contribution < -0.4 is 5.73 Å². The first-order valence-electron chi connectivity index (χ1n) is 3.98. The first-order valence-corrected chi connectivity index (χ1v) is 4.77. The third kappa shape index (κ3) is 3.49. The summed E-state index contributed by atoms with van der Waals surface area (Å²) >= 11 is 2.85. The van der Waals surface area contributed by atoms with Crippen molar-refractivity contribution in [1.29, 1.82) is 0 Å². The quantitative estimate of drug-likeness (QED) is 0.661. The van der Waals surface area contributed by atoms with E-state index < -0.39 is 18.1 Å². The Balaban J connectivity index is 0.00000256. The van der Waals surface area contributed by atoms with Crippen LogP contribution in [0, 0.1) is 0 Å². The van der Waals surface area contributed by atoms with Gasteiger partial charge >= 0.3 is 12.1 Å². The van der Waals surface area contributed by atoms with Crippen molar-refractivity contribution in [3.8, 4) is 0 Å². The number of halogens is 7. The van der Waals surface area contributed by atoms with Gasteiger partial charge in [-0.1, -0.05) is 0 Å². The standard InChI is InChI=1S/C8H6BrF5N2.ClH/c9-5-3-4(1-2-16-5)6(15)7(10,11)8(12,13)14;/h1-3,6H,15H2;1H/t6-;/m0./s1. The van der Waals surface area contributed by atoms with Gasteiger partial charge in [0, 0.05) is 6.20 Å². The number of nitrogens with two attached hydrogens (primary N) is 1. The molecule has 0 aliphatic rings. The van der Waals surface area contributed by atoms with Crippen LogP contribution in [-0.2, 0) is 0 Å². The number of pyridine rings is 1. The number of alkyl halides is 5. The van der Waals surface area contributed by atoms with Crippen LogP contribution in [0.4, 0.5) is 22.0 Å². The zero-order valence-corrected chi connectivity index (χ0v) is 10.4. The second kappa shape index (κ2) is 5.45. The van der Waals surface area contributed by atoms with Gasteiger partial charge in [-0.05, 0) is 33.6 Å². The van der Waals surface area contributed by atoms with Crippen LogP contribution in [0.15, 0.2) is 22.9 Å². The molecule has 2 N–H and O–H groups in total. The number of hydrogen-bond donors (Lipinski definition) is 1. The average molecular weight is 342 g/mol. The van der Waals surface area contributed by atoms with Gasteiger partial charge in [-0.15, -0.1) is 12.4 Å². The van der Waals surface area contributed by atoms with E-state index in [-0.39, 0.29) is 22.6 Å². The van der Waals surface area contributed by atoms with Crippen molar-refractivity contribution in [2.24, 2.45) is 5.73 Å². The van der Waals surface area contributed by atoms with E-state index >= 15 is 0 Å². The molecule has 1 atom stereocenters. The second-order valence-electron chi connectivity index (χ2n) is 3.01. The number of rotatable bonds is 2. The highest BCUT2D eigenvalue weighted by molar-refractivity contribution is 9.10. The maximum Gasteiger partial charge on any atom is 0.455 e.